The lowest BCUT2D eigenvalue weighted by Crippen LogP contribution is -2.32. The van der Waals surface area contributed by atoms with Crippen molar-refractivity contribution in [1.29, 1.82) is 0 Å². The molecule has 1 rings (SSSR count). The summed E-state index contributed by atoms with van der Waals surface area (Å²) in [5.74, 6) is -0.346. The number of carboxylic acid groups (broad SMARTS) is 1. The van der Waals surface area contributed by atoms with Gasteiger partial charge in [0.25, 0.3) is 0 Å². The van der Waals surface area contributed by atoms with Gasteiger partial charge in [-0.15, -0.1) is 11.3 Å². The van der Waals surface area contributed by atoms with Crippen LogP contribution in [0.5, 0.6) is 0 Å². The van der Waals surface area contributed by atoms with Gasteiger partial charge in [-0.1, -0.05) is 32.8 Å². The summed E-state index contributed by atoms with van der Waals surface area (Å²) in [6.07, 6.45) is 3.76. The zero-order chi connectivity index (χ0) is 15.7. The standard InChI is InChI=1S/C16H25NO3S/c1-3-12(4-2)16(13-8-7-11-21-13)17-14(18)9-5-6-10-15(19)20/h7-8,11-12,16H,3-6,9-10H2,1-2H3,(H,17,18)(H,19,20). The number of carboxylic acids is 1. The maximum atomic E-state index is 12.1. The first-order valence-corrected chi connectivity index (χ1v) is 8.51. The fourth-order valence-electron chi connectivity index (χ4n) is 2.46. The van der Waals surface area contributed by atoms with E-state index in [1.807, 2.05) is 11.4 Å². The molecule has 0 spiro atoms. The molecule has 1 amide bonds. The van der Waals surface area contributed by atoms with E-state index in [1.165, 1.54) is 4.88 Å². The summed E-state index contributed by atoms with van der Waals surface area (Å²) in [6, 6.07) is 4.15. The summed E-state index contributed by atoms with van der Waals surface area (Å²) in [7, 11) is 0. The second kappa shape index (κ2) is 9.55. The monoisotopic (exact) mass is 311 g/mol. The molecular weight excluding hydrogens is 286 g/mol. The van der Waals surface area contributed by atoms with Gasteiger partial charge in [-0.05, 0) is 30.2 Å². The first kappa shape index (κ1) is 17.7. The van der Waals surface area contributed by atoms with Crippen LogP contribution in [0.25, 0.3) is 0 Å². The number of carbonyl (C=O) groups is 2. The Morgan fingerprint density at radius 2 is 1.90 bits per heavy atom. The number of amides is 1. The fraction of sp³-hybridized carbons (Fsp3) is 0.625. The molecule has 118 valence electrons. The third-order valence-electron chi connectivity index (χ3n) is 3.73. The van der Waals surface area contributed by atoms with Crippen LogP contribution in [0.4, 0.5) is 0 Å². The maximum Gasteiger partial charge on any atom is 0.303 e. The Bertz CT molecular complexity index is 427. The van der Waals surface area contributed by atoms with Gasteiger partial charge < -0.3 is 10.4 Å². The highest BCUT2D eigenvalue weighted by molar-refractivity contribution is 7.10. The SMILES string of the molecule is CCC(CC)C(NC(=O)CCCCC(=O)O)c1cccs1. The predicted octanol–water partition coefficient (Wildman–Crippen LogP) is 3.99. The summed E-state index contributed by atoms with van der Waals surface area (Å²) in [5, 5.41) is 13.8. The second-order valence-corrected chi connectivity index (χ2v) is 6.22. The van der Waals surface area contributed by atoms with Gasteiger partial charge in [-0.25, -0.2) is 0 Å². The molecule has 0 bridgehead atoms. The average Bonchev–Trinajstić information content (AvgIpc) is 2.97. The molecule has 0 saturated heterocycles. The third-order valence-corrected chi connectivity index (χ3v) is 4.69. The summed E-state index contributed by atoms with van der Waals surface area (Å²) < 4.78 is 0. The van der Waals surface area contributed by atoms with E-state index in [1.54, 1.807) is 11.3 Å². The minimum absolute atomic E-state index is 0.0192. The molecule has 0 aromatic carbocycles. The van der Waals surface area contributed by atoms with Crippen LogP contribution in [-0.4, -0.2) is 17.0 Å². The third kappa shape index (κ3) is 6.29. The van der Waals surface area contributed by atoms with Crippen molar-refractivity contribution >= 4 is 23.2 Å². The first-order valence-electron chi connectivity index (χ1n) is 7.63. The van der Waals surface area contributed by atoms with Gasteiger partial charge in [0.15, 0.2) is 0 Å². The number of thiophene rings is 1. The Balaban J connectivity index is 2.52. The molecule has 1 aromatic rings. The van der Waals surface area contributed by atoms with E-state index in [9.17, 15) is 9.59 Å². The van der Waals surface area contributed by atoms with E-state index in [0.717, 1.165) is 12.8 Å². The maximum absolute atomic E-state index is 12.1. The van der Waals surface area contributed by atoms with Crippen molar-refractivity contribution in [2.24, 2.45) is 5.92 Å². The molecule has 0 aliphatic rings. The van der Waals surface area contributed by atoms with E-state index in [0.29, 0.717) is 25.2 Å². The minimum atomic E-state index is -0.802. The summed E-state index contributed by atoms with van der Waals surface area (Å²) >= 11 is 1.67. The van der Waals surface area contributed by atoms with Crippen LogP contribution < -0.4 is 5.32 Å². The molecule has 21 heavy (non-hydrogen) atoms. The number of hydrogen-bond donors (Lipinski definition) is 2. The van der Waals surface area contributed by atoms with Crippen molar-refractivity contribution in [2.75, 3.05) is 0 Å². The highest BCUT2D eigenvalue weighted by atomic mass is 32.1. The fourth-order valence-corrected chi connectivity index (χ4v) is 3.33. The van der Waals surface area contributed by atoms with Gasteiger partial charge >= 0.3 is 5.97 Å². The molecule has 0 radical (unpaired) electrons. The largest absolute Gasteiger partial charge is 0.481 e. The number of aliphatic carboxylic acids is 1. The smallest absolute Gasteiger partial charge is 0.303 e. The molecule has 1 heterocycles. The van der Waals surface area contributed by atoms with Gasteiger partial charge in [0.05, 0.1) is 6.04 Å². The zero-order valence-electron chi connectivity index (χ0n) is 12.8. The Morgan fingerprint density at radius 3 is 2.43 bits per heavy atom. The van der Waals surface area contributed by atoms with Gasteiger partial charge in [0.1, 0.15) is 0 Å². The normalized spacial score (nSPS) is 12.3. The quantitative estimate of drug-likeness (QED) is 0.642. The van der Waals surface area contributed by atoms with E-state index in [-0.39, 0.29) is 18.4 Å². The number of hydrogen-bond acceptors (Lipinski definition) is 3. The van der Waals surface area contributed by atoms with Crippen molar-refractivity contribution in [3.63, 3.8) is 0 Å². The van der Waals surface area contributed by atoms with Crippen LogP contribution in [0.2, 0.25) is 0 Å². The van der Waals surface area contributed by atoms with Crippen molar-refractivity contribution in [1.82, 2.24) is 5.32 Å². The lowest BCUT2D eigenvalue weighted by Gasteiger charge is -2.25. The molecule has 0 aliphatic heterocycles. The van der Waals surface area contributed by atoms with Gasteiger partial charge in [0, 0.05) is 17.7 Å². The van der Waals surface area contributed by atoms with Gasteiger partial charge in [-0.2, -0.15) is 0 Å². The molecule has 4 nitrogen and oxygen atoms in total. The Morgan fingerprint density at radius 1 is 1.24 bits per heavy atom. The van der Waals surface area contributed by atoms with E-state index in [4.69, 9.17) is 5.11 Å². The van der Waals surface area contributed by atoms with Crippen molar-refractivity contribution in [2.45, 2.75) is 58.4 Å². The van der Waals surface area contributed by atoms with Crippen LogP contribution in [0, 0.1) is 5.92 Å². The van der Waals surface area contributed by atoms with Gasteiger partial charge in [-0.3, -0.25) is 9.59 Å². The van der Waals surface area contributed by atoms with Crippen LogP contribution in [-0.2, 0) is 9.59 Å². The Hall–Kier alpha value is -1.36. The second-order valence-electron chi connectivity index (χ2n) is 5.24. The number of carbonyl (C=O) groups excluding carboxylic acids is 1. The predicted molar refractivity (Wildman–Crippen MR) is 85.4 cm³/mol. The lowest BCUT2D eigenvalue weighted by atomic mass is 9.93. The number of nitrogens with one attached hydrogen (secondary N) is 1. The van der Waals surface area contributed by atoms with Crippen LogP contribution in [0.1, 0.15) is 63.3 Å². The topological polar surface area (TPSA) is 66.4 Å². The number of unbranched alkanes of at least 4 members (excludes halogenated alkanes) is 1. The van der Waals surface area contributed by atoms with E-state index < -0.39 is 5.97 Å². The average molecular weight is 311 g/mol. The summed E-state index contributed by atoms with van der Waals surface area (Å²) in [6.45, 7) is 4.29. The van der Waals surface area contributed by atoms with E-state index >= 15 is 0 Å². The summed E-state index contributed by atoms with van der Waals surface area (Å²) in [5.41, 5.74) is 0. The van der Waals surface area contributed by atoms with Crippen LogP contribution >= 0.6 is 11.3 Å². The molecule has 1 atom stereocenters. The van der Waals surface area contributed by atoms with Crippen molar-refractivity contribution < 1.29 is 14.7 Å². The van der Waals surface area contributed by atoms with Crippen LogP contribution in [0.15, 0.2) is 17.5 Å². The first-order chi connectivity index (χ1) is 10.1. The molecule has 0 fully saturated rings. The lowest BCUT2D eigenvalue weighted by molar-refractivity contribution is -0.137. The highest BCUT2D eigenvalue weighted by Crippen LogP contribution is 2.30. The van der Waals surface area contributed by atoms with Crippen molar-refractivity contribution in [3.8, 4) is 0 Å². The number of rotatable bonds is 10. The molecule has 2 N–H and O–H groups in total. The molecular formula is C16H25NO3S. The molecule has 0 aliphatic carbocycles. The summed E-state index contributed by atoms with van der Waals surface area (Å²) in [4.78, 5) is 23.7. The molecule has 5 heteroatoms. The Kier molecular flexibility index (Phi) is 8.05. The highest BCUT2D eigenvalue weighted by Gasteiger charge is 2.23. The minimum Gasteiger partial charge on any atom is -0.481 e. The molecule has 1 aromatic heterocycles. The van der Waals surface area contributed by atoms with Crippen molar-refractivity contribution in [3.05, 3.63) is 22.4 Å². The van der Waals surface area contributed by atoms with Gasteiger partial charge in [0.2, 0.25) is 5.91 Å². The zero-order valence-corrected chi connectivity index (χ0v) is 13.6. The Labute approximate surface area is 130 Å². The molecule has 1 unspecified atom stereocenters. The van der Waals surface area contributed by atoms with Crippen LogP contribution in [0.3, 0.4) is 0 Å². The van der Waals surface area contributed by atoms with E-state index in [2.05, 4.69) is 25.2 Å². The molecule has 0 saturated carbocycles.